The largest absolute Gasteiger partial charge is 0.504 e. The highest BCUT2D eigenvalue weighted by molar-refractivity contribution is 6.04. The Balaban J connectivity index is 1.44. The monoisotopic (exact) mass is 412 g/mol. The third-order valence-corrected chi connectivity index (χ3v) is 6.22. The van der Waals surface area contributed by atoms with Gasteiger partial charge in [-0.15, -0.1) is 0 Å². The number of aromatic hydroxyl groups is 1. The summed E-state index contributed by atoms with van der Waals surface area (Å²) in [5.74, 6) is 1.09. The lowest BCUT2D eigenvalue weighted by molar-refractivity contribution is 0.102. The highest BCUT2D eigenvalue weighted by atomic mass is 16.5. The molecular formula is C26H24N2O3. The minimum absolute atomic E-state index is 0.0778. The molecular weight excluding hydrogens is 388 g/mol. The molecule has 3 aromatic rings. The molecule has 0 fully saturated rings. The van der Waals surface area contributed by atoms with Crippen LogP contribution in [0, 0.1) is 5.92 Å². The normalized spacial score (nSPS) is 21.0. The summed E-state index contributed by atoms with van der Waals surface area (Å²) >= 11 is 0. The van der Waals surface area contributed by atoms with Gasteiger partial charge in [0.15, 0.2) is 11.5 Å². The van der Waals surface area contributed by atoms with Gasteiger partial charge in [-0.1, -0.05) is 36.4 Å². The minimum atomic E-state index is -0.116. The van der Waals surface area contributed by atoms with Gasteiger partial charge in [-0.3, -0.25) is 4.79 Å². The molecule has 1 amide bonds. The van der Waals surface area contributed by atoms with Crippen molar-refractivity contribution in [3.05, 3.63) is 95.6 Å². The van der Waals surface area contributed by atoms with Gasteiger partial charge >= 0.3 is 0 Å². The zero-order valence-electron chi connectivity index (χ0n) is 17.2. The fourth-order valence-electron chi connectivity index (χ4n) is 4.70. The number of carbonyl (C=O) groups is 1. The van der Waals surface area contributed by atoms with Gasteiger partial charge < -0.3 is 20.5 Å². The van der Waals surface area contributed by atoms with E-state index >= 15 is 0 Å². The Morgan fingerprint density at radius 1 is 1.10 bits per heavy atom. The maximum Gasteiger partial charge on any atom is 0.255 e. The van der Waals surface area contributed by atoms with Crippen LogP contribution < -0.4 is 15.4 Å². The third-order valence-electron chi connectivity index (χ3n) is 6.22. The summed E-state index contributed by atoms with van der Waals surface area (Å²) in [6.45, 7) is 0. The fourth-order valence-corrected chi connectivity index (χ4v) is 4.70. The number of allylic oxidation sites excluding steroid dienone is 2. The number of fused-ring (bicyclic) bond motifs is 3. The minimum Gasteiger partial charge on any atom is -0.504 e. The predicted molar refractivity (Wildman–Crippen MR) is 122 cm³/mol. The zero-order chi connectivity index (χ0) is 21.4. The summed E-state index contributed by atoms with van der Waals surface area (Å²) in [5, 5.41) is 16.9. The van der Waals surface area contributed by atoms with Crippen LogP contribution in [0.4, 0.5) is 11.4 Å². The van der Waals surface area contributed by atoms with Crippen molar-refractivity contribution >= 4 is 17.3 Å². The Morgan fingerprint density at radius 2 is 1.94 bits per heavy atom. The van der Waals surface area contributed by atoms with E-state index in [4.69, 9.17) is 4.74 Å². The zero-order valence-corrected chi connectivity index (χ0v) is 17.2. The van der Waals surface area contributed by atoms with Crippen LogP contribution in [-0.4, -0.2) is 18.1 Å². The van der Waals surface area contributed by atoms with Gasteiger partial charge in [0, 0.05) is 22.9 Å². The first kappa shape index (κ1) is 19.2. The quantitative estimate of drug-likeness (QED) is 0.496. The number of phenolic OH excluding ortho intramolecular Hbond substituents is 1. The second kappa shape index (κ2) is 7.84. The van der Waals surface area contributed by atoms with Gasteiger partial charge in [0.1, 0.15) is 0 Å². The van der Waals surface area contributed by atoms with Crippen molar-refractivity contribution in [2.24, 2.45) is 5.92 Å². The highest BCUT2D eigenvalue weighted by Gasteiger charge is 2.38. The van der Waals surface area contributed by atoms with Gasteiger partial charge in [0.05, 0.1) is 13.2 Å². The molecule has 5 nitrogen and oxygen atoms in total. The van der Waals surface area contributed by atoms with E-state index in [2.05, 4.69) is 28.9 Å². The van der Waals surface area contributed by atoms with Crippen LogP contribution in [0.2, 0.25) is 0 Å². The highest BCUT2D eigenvalue weighted by Crippen LogP contribution is 2.50. The van der Waals surface area contributed by atoms with Gasteiger partial charge in [0.2, 0.25) is 0 Å². The number of benzene rings is 3. The van der Waals surface area contributed by atoms with E-state index in [1.54, 1.807) is 25.3 Å². The number of carbonyl (C=O) groups excluding carboxylic acids is 1. The van der Waals surface area contributed by atoms with Crippen LogP contribution in [0.3, 0.4) is 0 Å². The second-order valence-electron chi connectivity index (χ2n) is 8.03. The summed E-state index contributed by atoms with van der Waals surface area (Å²) in [7, 11) is 1.55. The van der Waals surface area contributed by atoms with E-state index in [1.807, 2.05) is 42.5 Å². The summed E-state index contributed by atoms with van der Waals surface area (Å²) in [5.41, 5.74) is 4.68. The Hall–Kier alpha value is -3.73. The van der Waals surface area contributed by atoms with E-state index in [1.165, 1.54) is 5.56 Å². The summed E-state index contributed by atoms with van der Waals surface area (Å²) in [4.78, 5) is 12.6. The number of amides is 1. The van der Waals surface area contributed by atoms with Crippen molar-refractivity contribution in [3.8, 4) is 11.5 Å². The van der Waals surface area contributed by atoms with Crippen LogP contribution in [0.15, 0.2) is 78.9 Å². The molecule has 156 valence electrons. The van der Waals surface area contributed by atoms with Gasteiger partial charge in [-0.05, 0) is 65.9 Å². The lowest BCUT2D eigenvalue weighted by atomic mass is 9.77. The standard InChI is InChI=1S/C26H24N2O3/c1-31-24-13-10-17(14-23(24)29)25-20-9-5-8-19(20)21-15-18(11-12-22(21)28-25)27-26(30)16-6-3-2-4-7-16/h2-8,10-15,19-20,25,28-29H,9H2,1H3,(H,27,30). The smallest absolute Gasteiger partial charge is 0.255 e. The second-order valence-corrected chi connectivity index (χ2v) is 8.03. The van der Waals surface area contributed by atoms with E-state index < -0.39 is 0 Å². The van der Waals surface area contributed by atoms with Crippen molar-refractivity contribution in [2.75, 3.05) is 17.7 Å². The lowest BCUT2D eigenvalue weighted by Crippen LogP contribution is -2.29. The van der Waals surface area contributed by atoms with E-state index in [-0.39, 0.29) is 23.6 Å². The van der Waals surface area contributed by atoms with E-state index in [9.17, 15) is 9.90 Å². The molecule has 2 aliphatic rings. The summed E-state index contributed by atoms with van der Waals surface area (Å²) in [6, 6.07) is 20.9. The van der Waals surface area contributed by atoms with Gasteiger partial charge in [-0.2, -0.15) is 0 Å². The van der Waals surface area contributed by atoms with Crippen LogP contribution in [0.1, 0.15) is 39.9 Å². The molecule has 0 saturated carbocycles. The van der Waals surface area contributed by atoms with Crippen LogP contribution >= 0.6 is 0 Å². The average molecular weight is 412 g/mol. The molecule has 0 radical (unpaired) electrons. The molecule has 5 rings (SSSR count). The molecule has 31 heavy (non-hydrogen) atoms. The lowest BCUT2D eigenvalue weighted by Gasteiger charge is -2.37. The fraction of sp³-hybridized carbons (Fsp3) is 0.192. The molecule has 3 unspecified atom stereocenters. The number of hydrogen-bond donors (Lipinski definition) is 3. The number of anilines is 2. The SMILES string of the molecule is COc1ccc(C2Nc3ccc(NC(=O)c4ccccc4)cc3C3C=CCC32)cc1O. The van der Waals surface area contributed by atoms with E-state index in [0.29, 0.717) is 17.2 Å². The first-order chi connectivity index (χ1) is 15.1. The number of ether oxygens (including phenoxy) is 1. The number of nitrogens with one attached hydrogen (secondary N) is 2. The number of rotatable bonds is 4. The Labute approximate surface area is 181 Å². The molecule has 3 aromatic carbocycles. The van der Waals surface area contributed by atoms with E-state index in [0.717, 1.165) is 23.4 Å². The number of phenols is 1. The Bertz CT molecular complexity index is 1160. The topological polar surface area (TPSA) is 70.6 Å². The molecule has 5 heteroatoms. The third kappa shape index (κ3) is 3.52. The van der Waals surface area contributed by atoms with Gasteiger partial charge in [0.25, 0.3) is 5.91 Å². The molecule has 3 N–H and O–H groups in total. The average Bonchev–Trinajstić information content (AvgIpc) is 3.29. The summed E-state index contributed by atoms with van der Waals surface area (Å²) in [6.07, 6.45) is 5.43. The first-order valence-corrected chi connectivity index (χ1v) is 10.4. The first-order valence-electron chi connectivity index (χ1n) is 10.4. The van der Waals surface area contributed by atoms with Crippen LogP contribution in [-0.2, 0) is 0 Å². The Morgan fingerprint density at radius 3 is 2.71 bits per heavy atom. The molecule has 1 aliphatic heterocycles. The molecule has 1 heterocycles. The maximum absolute atomic E-state index is 12.6. The van der Waals surface area contributed by atoms with Crippen molar-refractivity contribution in [2.45, 2.75) is 18.4 Å². The molecule has 0 saturated heterocycles. The number of methoxy groups -OCH3 is 1. The predicted octanol–water partition coefficient (Wildman–Crippen LogP) is 5.48. The number of hydrogen-bond acceptors (Lipinski definition) is 4. The van der Waals surface area contributed by atoms with Crippen molar-refractivity contribution < 1.29 is 14.6 Å². The Kier molecular flexibility index (Phi) is 4.86. The van der Waals surface area contributed by atoms with Crippen LogP contribution in [0.5, 0.6) is 11.5 Å². The molecule has 0 spiro atoms. The maximum atomic E-state index is 12.6. The molecule has 0 aromatic heterocycles. The van der Waals surface area contributed by atoms with Gasteiger partial charge in [-0.25, -0.2) is 0 Å². The molecule has 3 atom stereocenters. The molecule has 1 aliphatic carbocycles. The van der Waals surface area contributed by atoms with Crippen LogP contribution in [0.25, 0.3) is 0 Å². The summed E-state index contributed by atoms with van der Waals surface area (Å²) < 4.78 is 5.19. The van der Waals surface area contributed by atoms with Crippen molar-refractivity contribution in [3.63, 3.8) is 0 Å². The molecule has 0 bridgehead atoms. The van der Waals surface area contributed by atoms with Crippen molar-refractivity contribution in [1.29, 1.82) is 0 Å². The van der Waals surface area contributed by atoms with Crippen molar-refractivity contribution in [1.82, 2.24) is 0 Å².